The molecule has 7 nitrogen and oxygen atoms in total. The quantitative estimate of drug-likeness (QED) is 0.767. The highest BCUT2D eigenvalue weighted by Gasteiger charge is 2.33. The van der Waals surface area contributed by atoms with Crippen LogP contribution in [0.4, 0.5) is 14.6 Å². The molecule has 0 amide bonds. The van der Waals surface area contributed by atoms with E-state index in [0.29, 0.717) is 30.6 Å². The van der Waals surface area contributed by atoms with Crippen LogP contribution in [0.25, 0.3) is 0 Å². The Morgan fingerprint density at radius 3 is 2.67 bits per heavy atom. The van der Waals surface area contributed by atoms with E-state index in [2.05, 4.69) is 9.97 Å². The number of nitrogens with zero attached hydrogens (tertiary/aromatic N) is 4. The Kier molecular flexibility index (Phi) is 5.56. The minimum Gasteiger partial charge on any atom is -0.470 e. The largest absolute Gasteiger partial charge is 0.470 e. The molecule has 0 N–H and O–H groups in total. The van der Waals surface area contributed by atoms with Crippen LogP contribution in [0.2, 0.25) is 0 Å². The van der Waals surface area contributed by atoms with Gasteiger partial charge >= 0.3 is 0 Å². The van der Waals surface area contributed by atoms with Gasteiger partial charge in [0.25, 0.3) is 5.88 Å². The summed E-state index contributed by atoms with van der Waals surface area (Å²) >= 11 is 0. The summed E-state index contributed by atoms with van der Waals surface area (Å²) in [6.45, 7) is 0.280. The van der Waals surface area contributed by atoms with E-state index >= 15 is 0 Å². The Labute approximate surface area is 156 Å². The zero-order valence-corrected chi connectivity index (χ0v) is 15.8. The molecule has 1 unspecified atom stereocenters. The predicted octanol–water partition coefficient (Wildman–Crippen LogP) is 2.05. The normalized spacial score (nSPS) is 18.3. The van der Waals surface area contributed by atoms with Crippen molar-refractivity contribution in [3.63, 3.8) is 0 Å². The summed E-state index contributed by atoms with van der Waals surface area (Å²) < 4.78 is 59.7. The van der Waals surface area contributed by atoms with Crippen molar-refractivity contribution in [3.05, 3.63) is 42.2 Å². The summed E-state index contributed by atoms with van der Waals surface area (Å²) in [5, 5.41) is 0. The number of ether oxygens (including phenoxy) is 1. The second kappa shape index (κ2) is 7.73. The molecule has 0 spiro atoms. The summed E-state index contributed by atoms with van der Waals surface area (Å²) in [5.74, 6) is -1.10. The number of benzene rings is 1. The average molecular weight is 398 g/mol. The second-order valence-electron chi connectivity index (χ2n) is 6.40. The van der Waals surface area contributed by atoms with Crippen LogP contribution in [-0.2, 0) is 10.0 Å². The molecular formula is C17H20F2N4O3S. The van der Waals surface area contributed by atoms with E-state index in [1.807, 2.05) is 0 Å². The molecule has 1 aliphatic heterocycles. The average Bonchev–Trinajstić information content (AvgIpc) is 2.62. The summed E-state index contributed by atoms with van der Waals surface area (Å²) in [4.78, 5) is 9.57. The van der Waals surface area contributed by atoms with Crippen molar-refractivity contribution in [1.29, 1.82) is 0 Å². The Morgan fingerprint density at radius 2 is 1.96 bits per heavy atom. The van der Waals surface area contributed by atoms with Gasteiger partial charge in [-0.3, -0.25) is 0 Å². The van der Waals surface area contributed by atoms with E-state index in [0.717, 1.165) is 16.4 Å². The van der Waals surface area contributed by atoms with Crippen LogP contribution in [0.1, 0.15) is 12.8 Å². The number of halogens is 2. The van der Waals surface area contributed by atoms with Gasteiger partial charge in [-0.05, 0) is 25.0 Å². The highest BCUT2D eigenvalue weighted by molar-refractivity contribution is 7.89. The van der Waals surface area contributed by atoms with Crippen LogP contribution >= 0.6 is 0 Å². The van der Waals surface area contributed by atoms with Gasteiger partial charge in [0.1, 0.15) is 22.6 Å². The standard InChI is InChI=1S/C17H20F2N4O3S/c1-22(2)16-17(21-8-7-20-16)26-13-4-3-9-23(11-13)27(24,25)15-6-5-12(18)10-14(15)19/h5-8,10,13H,3-4,9,11H2,1-2H3. The van der Waals surface area contributed by atoms with Gasteiger partial charge in [0.15, 0.2) is 5.82 Å². The highest BCUT2D eigenvalue weighted by Crippen LogP contribution is 2.27. The number of rotatable bonds is 5. The molecule has 2 heterocycles. The second-order valence-corrected chi connectivity index (χ2v) is 8.31. The minimum absolute atomic E-state index is 0.0442. The van der Waals surface area contributed by atoms with E-state index < -0.39 is 32.7 Å². The van der Waals surface area contributed by atoms with E-state index in [-0.39, 0.29) is 13.1 Å². The zero-order chi connectivity index (χ0) is 19.6. The fourth-order valence-electron chi connectivity index (χ4n) is 2.91. The highest BCUT2D eigenvalue weighted by atomic mass is 32.2. The van der Waals surface area contributed by atoms with E-state index in [4.69, 9.17) is 4.74 Å². The molecule has 10 heteroatoms. The lowest BCUT2D eigenvalue weighted by Gasteiger charge is -2.32. The van der Waals surface area contributed by atoms with Crippen molar-refractivity contribution in [1.82, 2.24) is 14.3 Å². The lowest BCUT2D eigenvalue weighted by molar-refractivity contribution is 0.124. The first-order valence-electron chi connectivity index (χ1n) is 8.39. The molecule has 146 valence electrons. The fraction of sp³-hybridized carbons (Fsp3) is 0.412. The van der Waals surface area contributed by atoms with Crippen molar-refractivity contribution < 1.29 is 21.9 Å². The molecule has 0 bridgehead atoms. The van der Waals surface area contributed by atoms with Crippen LogP contribution in [0.15, 0.2) is 35.5 Å². The molecule has 1 aliphatic rings. The first-order valence-corrected chi connectivity index (χ1v) is 9.83. The third-order valence-electron chi connectivity index (χ3n) is 4.20. The number of sulfonamides is 1. The van der Waals surface area contributed by atoms with Gasteiger partial charge in [-0.25, -0.2) is 27.2 Å². The van der Waals surface area contributed by atoms with Crippen LogP contribution < -0.4 is 9.64 Å². The van der Waals surface area contributed by atoms with Crippen molar-refractivity contribution in [2.75, 3.05) is 32.1 Å². The first kappa shape index (κ1) is 19.4. The molecule has 0 radical (unpaired) electrons. The number of hydrogen-bond donors (Lipinski definition) is 0. The predicted molar refractivity (Wildman–Crippen MR) is 95.1 cm³/mol. The number of aromatic nitrogens is 2. The molecule has 1 saturated heterocycles. The Balaban J connectivity index is 1.80. The Hall–Kier alpha value is -2.33. The number of hydrogen-bond acceptors (Lipinski definition) is 6. The zero-order valence-electron chi connectivity index (χ0n) is 15.0. The summed E-state index contributed by atoms with van der Waals surface area (Å²) in [6.07, 6.45) is 3.75. The van der Waals surface area contributed by atoms with Gasteiger partial charge in [-0.1, -0.05) is 0 Å². The van der Waals surface area contributed by atoms with E-state index in [9.17, 15) is 17.2 Å². The molecule has 27 heavy (non-hydrogen) atoms. The van der Waals surface area contributed by atoms with Gasteiger partial charge in [0, 0.05) is 39.1 Å². The van der Waals surface area contributed by atoms with Crippen LogP contribution in [0.3, 0.4) is 0 Å². The maximum atomic E-state index is 14.0. The molecule has 3 rings (SSSR count). The van der Waals surface area contributed by atoms with Crippen LogP contribution in [0, 0.1) is 11.6 Å². The maximum Gasteiger partial charge on any atom is 0.257 e. The fourth-order valence-corrected chi connectivity index (χ4v) is 4.46. The van der Waals surface area contributed by atoms with E-state index in [1.54, 1.807) is 19.0 Å². The molecule has 1 aromatic carbocycles. The van der Waals surface area contributed by atoms with Crippen molar-refractivity contribution in [2.24, 2.45) is 0 Å². The topological polar surface area (TPSA) is 75.6 Å². The molecule has 0 aliphatic carbocycles. The third kappa shape index (κ3) is 4.16. The molecular weight excluding hydrogens is 378 g/mol. The maximum absolute atomic E-state index is 14.0. The molecule has 0 saturated carbocycles. The third-order valence-corrected chi connectivity index (χ3v) is 6.10. The van der Waals surface area contributed by atoms with Gasteiger partial charge in [0.05, 0.1) is 6.54 Å². The summed E-state index contributed by atoms with van der Waals surface area (Å²) in [5.41, 5.74) is 0. The molecule has 1 atom stereocenters. The van der Waals surface area contributed by atoms with Crippen LogP contribution in [0.5, 0.6) is 5.88 Å². The van der Waals surface area contributed by atoms with E-state index in [1.165, 1.54) is 12.4 Å². The molecule has 2 aromatic rings. The lowest BCUT2D eigenvalue weighted by Crippen LogP contribution is -2.44. The summed E-state index contributed by atoms with van der Waals surface area (Å²) in [6, 6.07) is 2.43. The van der Waals surface area contributed by atoms with Crippen molar-refractivity contribution >= 4 is 15.8 Å². The lowest BCUT2D eigenvalue weighted by atomic mass is 10.1. The van der Waals surface area contributed by atoms with Crippen LogP contribution in [-0.4, -0.2) is 56.0 Å². The first-order chi connectivity index (χ1) is 12.8. The van der Waals surface area contributed by atoms with Crippen molar-refractivity contribution in [2.45, 2.75) is 23.8 Å². The van der Waals surface area contributed by atoms with Gasteiger partial charge in [0.2, 0.25) is 10.0 Å². The SMILES string of the molecule is CN(C)c1nccnc1OC1CCCN(S(=O)(=O)c2ccc(F)cc2F)C1. The smallest absolute Gasteiger partial charge is 0.257 e. The number of anilines is 1. The Bertz CT molecular complexity index is 924. The van der Waals surface area contributed by atoms with Gasteiger partial charge in [-0.15, -0.1) is 0 Å². The molecule has 1 aromatic heterocycles. The van der Waals surface area contributed by atoms with Crippen molar-refractivity contribution in [3.8, 4) is 5.88 Å². The molecule has 1 fully saturated rings. The minimum atomic E-state index is -4.10. The Morgan fingerprint density at radius 1 is 1.22 bits per heavy atom. The summed E-state index contributed by atoms with van der Waals surface area (Å²) in [7, 11) is -0.501. The number of piperidine rings is 1. The monoisotopic (exact) mass is 398 g/mol. The van der Waals surface area contributed by atoms with Gasteiger partial charge in [-0.2, -0.15) is 4.31 Å². The van der Waals surface area contributed by atoms with Gasteiger partial charge < -0.3 is 9.64 Å².